The molecule has 0 radical (unpaired) electrons. The zero-order valence-electron chi connectivity index (χ0n) is 8.23. The molecule has 2 rings (SSSR count). The number of nitrogen functional groups attached to an aromatic ring is 1. The normalized spacial score (nSPS) is 10.5. The Labute approximate surface area is 86.5 Å². The Morgan fingerprint density at radius 2 is 2.00 bits per heavy atom. The van der Waals surface area contributed by atoms with Crippen LogP contribution in [0.1, 0.15) is 5.56 Å². The zero-order valence-corrected chi connectivity index (χ0v) is 8.23. The summed E-state index contributed by atoms with van der Waals surface area (Å²) in [5.41, 5.74) is 7.32. The Kier molecular flexibility index (Phi) is 2.04. The number of benzene rings is 2. The van der Waals surface area contributed by atoms with Gasteiger partial charge in [0, 0.05) is 17.1 Å². The molecular weight excluding hydrogens is 192 g/mol. The van der Waals surface area contributed by atoms with Crippen molar-refractivity contribution in [1.29, 1.82) is 0 Å². The summed E-state index contributed by atoms with van der Waals surface area (Å²) in [6.45, 7) is 1.84. The van der Waals surface area contributed by atoms with Gasteiger partial charge in [0.15, 0.2) is 0 Å². The minimum absolute atomic E-state index is 0.109. The average molecular weight is 202 g/mol. The van der Waals surface area contributed by atoms with Crippen molar-refractivity contribution in [2.24, 2.45) is 0 Å². The van der Waals surface area contributed by atoms with E-state index in [1.807, 2.05) is 19.1 Å². The first-order valence-corrected chi connectivity index (χ1v) is 4.53. The molecule has 0 bridgehead atoms. The molecule has 0 aliphatic heterocycles. The summed E-state index contributed by atoms with van der Waals surface area (Å²) >= 11 is 0. The first-order valence-electron chi connectivity index (χ1n) is 4.53. The van der Waals surface area contributed by atoms with E-state index in [1.54, 1.807) is 12.1 Å². The molecule has 0 fully saturated rings. The van der Waals surface area contributed by atoms with Crippen molar-refractivity contribution in [3.05, 3.63) is 46.0 Å². The van der Waals surface area contributed by atoms with E-state index in [-0.39, 0.29) is 10.6 Å². The van der Waals surface area contributed by atoms with Crippen LogP contribution in [0.3, 0.4) is 0 Å². The van der Waals surface area contributed by atoms with Crippen molar-refractivity contribution in [1.82, 2.24) is 0 Å². The van der Waals surface area contributed by atoms with Gasteiger partial charge in [0.05, 0.1) is 10.3 Å². The van der Waals surface area contributed by atoms with Gasteiger partial charge in [-0.1, -0.05) is 18.2 Å². The molecule has 0 amide bonds. The highest BCUT2D eigenvalue weighted by molar-refractivity contribution is 6.00. The maximum Gasteiger partial charge on any atom is 0.277 e. The topological polar surface area (TPSA) is 69.2 Å². The largest absolute Gasteiger partial charge is 0.398 e. The molecule has 2 aromatic rings. The monoisotopic (exact) mass is 202 g/mol. The lowest BCUT2D eigenvalue weighted by Gasteiger charge is -2.05. The van der Waals surface area contributed by atoms with E-state index < -0.39 is 0 Å². The van der Waals surface area contributed by atoms with Crippen LogP contribution in [-0.4, -0.2) is 4.92 Å². The van der Waals surface area contributed by atoms with E-state index in [1.165, 1.54) is 6.07 Å². The van der Waals surface area contributed by atoms with Crippen LogP contribution in [0.25, 0.3) is 10.8 Å². The van der Waals surface area contributed by atoms with Crippen molar-refractivity contribution < 1.29 is 4.92 Å². The van der Waals surface area contributed by atoms with E-state index in [4.69, 9.17) is 5.73 Å². The number of nitrogens with zero attached hydrogens (tertiary/aromatic N) is 1. The molecule has 0 saturated carbocycles. The highest BCUT2D eigenvalue weighted by Crippen LogP contribution is 2.32. The quantitative estimate of drug-likeness (QED) is 0.439. The molecule has 2 N–H and O–H groups in total. The Bertz CT molecular complexity index is 550. The van der Waals surface area contributed by atoms with Crippen LogP contribution in [0.15, 0.2) is 30.3 Å². The van der Waals surface area contributed by atoms with Crippen LogP contribution < -0.4 is 5.73 Å². The Morgan fingerprint density at radius 1 is 1.27 bits per heavy atom. The minimum atomic E-state index is -0.380. The summed E-state index contributed by atoms with van der Waals surface area (Å²) < 4.78 is 0. The molecule has 0 saturated heterocycles. The minimum Gasteiger partial charge on any atom is -0.398 e. The molecule has 4 nitrogen and oxygen atoms in total. The number of nitrogens with two attached hydrogens (primary N) is 1. The van der Waals surface area contributed by atoms with Gasteiger partial charge in [0.2, 0.25) is 0 Å². The molecule has 0 heterocycles. The number of nitro benzene ring substituents is 1. The SMILES string of the molecule is Cc1cccc2c(N)ccc([N+](=O)[O-])c12. The molecule has 0 atom stereocenters. The summed E-state index contributed by atoms with van der Waals surface area (Å²) in [7, 11) is 0. The van der Waals surface area contributed by atoms with Gasteiger partial charge < -0.3 is 5.73 Å². The first kappa shape index (κ1) is 9.45. The predicted octanol–water partition coefficient (Wildman–Crippen LogP) is 2.64. The maximum atomic E-state index is 10.8. The molecule has 0 aromatic heterocycles. The molecule has 0 spiro atoms. The molecule has 2 aromatic carbocycles. The van der Waals surface area contributed by atoms with E-state index in [9.17, 15) is 10.1 Å². The third kappa shape index (κ3) is 1.40. The Balaban J connectivity index is 2.96. The lowest BCUT2D eigenvalue weighted by Crippen LogP contribution is -1.94. The van der Waals surface area contributed by atoms with Gasteiger partial charge in [0.25, 0.3) is 5.69 Å². The molecule has 4 heteroatoms. The fourth-order valence-corrected chi connectivity index (χ4v) is 1.74. The highest BCUT2D eigenvalue weighted by atomic mass is 16.6. The summed E-state index contributed by atoms with van der Waals surface area (Å²) in [6.07, 6.45) is 0. The molecule has 76 valence electrons. The molecule has 15 heavy (non-hydrogen) atoms. The summed E-state index contributed by atoms with van der Waals surface area (Å²) in [5.74, 6) is 0. The number of non-ortho nitro benzene ring substituents is 1. The van der Waals surface area contributed by atoms with Crippen LogP contribution >= 0.6 is 0 Å². The van der Waals surface area contributed by atoms with Gasteiger partial charge in [-0.2, -0.15) is 0 Å². The molecule has 0 aliphatic rings. The first-order chi connectivity index (χ1) is 7.11. The lowest BCUT2D eigenvalue weighted by molar-refractivity contribution is -0.383. The van der Waals surface area contributed by atoms with Crippen molar-refractivity contribution in [2.75, 3.05) is 5.73 Å². The van der Waals surface area contributed by atoms with Crippen LogP contribution in [0.4, 0.5) is 11.4 Å². The van der Waals surface area contributed by atoms with Gasteiger partial charge in [-0.05, 0) is 18.6 Å². The van der Waals surface area contributed by atoms with Crippen LogP contribution in [0.5, 0.6) is 0 Å². The number of hydrogen-bond donors (Lipinski definition) is 1. The maximum absolute atomic E-state index is 10.8. The number of anilines is 1. The highest BCUT2D eigenvalue weighted by Gasteiger charge is 2.14. The van der Waals surface area contributed by atoms with Crippen LogP contribution in [-0.2, 0) is 0 Å². The zero-order chi connectivity index (χ0) is 11.0. The average Bonchev–Trinajstić information content (AvgIpc) is 2.19. The van der Waals surface area contributed by atoms with E-state index in [0.29, 0.717) is 11.1 Å². The van der Waals surface area contributed by atoms with Crippen LogP contribution in [0, 0.1) is 17.0 Å². The van der Waals surface area contributed by atoms with Crippen LogP contribution in [0.2, 0.25) is 0 Å². The number of hydrogen-bond acceptors (Lipinski definition) is 3. The molecule has 0 aliphatic carbocycles. The third-order valence-electron chi connectivity index (χ3n) is 2.46. The summed E-state index contributed by atoms with van der Waals surface area (Å²) in [5, 5.41) is 12.2. The van der Waals surface area contributed by atoms with E-state index in [0.717, 1.165) is 10.9 Å². The van der Waals surface area contributed by atoms with Gasteiger partial charge in [0.1, 0.15) is 0 Å². The van der Waals surface area contributed by atoms with Gasteiger partial charge in [-0.25, -0.2) is 0 Å². The smallest absolute Gasteiger partial charge is 0.277 e. The second-order valence-electron chi connectivity index (χ2n) is 3.43. The third-order valence-corrected chi connectivity index (χ3v) is 2.46. The number of aryl methyl sites for hydroxylation is 1. The lowest BCUT2D eigenvalue weighted by atomic mass is 10.0. The number of rotatable bonds is 1. The summed E-state index contributed by atoms with van der Waals surface area (Å²) in [6, 6.07) is 8.50. The second kappa shape index (κ2) is 3.24. The van der Waals surface area contributed by atoms with Gasteiger partial charge >= 0.3 is 0 Å². The standard InChI is InChI=1S/C11H10N2O2/c1-7-3-2-4-8-9(12)5-6-10(11(7)8)13(14)15/h2-6H,12H2,1H3. The Hall–Kier alpha value is -2.10. The van der Waals surface area contributed by atoms with Gasteiger partial charge in [-0.15, -0.1) is 0 Å². The fraction of sp³-hybridized carbons (Fsp3) is 0.0909. The van der Waals surface area contributed by atoms with E-state index in [2.05, 4.69) is 0 Å². The Morgan fingerprint density at radius 3 is 2.67 bits per heavy atom. The van der Waals surface area contributed by atoms with Crippen molar-refractivity contribution in [3.63, 3.8) is 0 Å². The van der Waals surface area contributed by atoms with Gasteiger partial charge in [-0.3, -0.25) is 10.1 Å². The molecule has 0 unspecified atom stereocenters. The predicted molar refractivity (Wildman–Crippen MR) is 59.8 cm³/mol. The van der Waals surface area contributed by atoms with Crippen molar-refractivity contribution in [3.8, 4) is 0 Å². The van der Waals surface area contributed by atoms with E-state index >= 15 is 0 Å². The van der Waals surface area contributed by atoms with Crippen molar-refractivity contribution in [2.45, 2.75) is 6.92 Å². The number of fused-ring (bicyclic) bond motifs is 1. The van der Waals surface area contributed by atoms with Crippen molar-refractivity contribution >= 4 is 22.1 Å². The molecular formula is C11H10N2O2. The second-order valence-corrected chi connectivity index (χ2v) is 3.43. The summed E-state index contributed by atoms with van der Waals surface area (Å²) in [4.78, 5) is 10.5. The fourth-order valence-electron chi connectivity index (χ4n) is 1.74. The number of nitro groups is 1.